The van der Waals surface area contributed by atoms with Crippen LogP contribution in [0.15, 0.2) is 41.4 Å². The minimum atomic E-state index is -0.503. The lowest BCUT2D eigenvalue weighted by Gasteiger charge is -2.15. The Hall–Kier alpha value is -3.33. The summed E-state index contributed by atoms with van der Waals surface area (Å²) in [5.41, 5.74) is 3.31. The second-order valence-corrected chi connectivity index (χ2v) is 8.30. The summed E-state index contributed by atoms with van der Waals surface area (Å²) in [5.74, 6) is -0.913. The molecular weight excluding hydrogens is 418 g/mol. The Balaban J connectivity index is 1.79. The van der Waals surface area contributed by atoms with Crippen molar-refractivity contribution in [3.63, 3.8) is 0 Å². The number of nitrogens with zero attached hydrogens (tertiary/aromatic N) is 3. The van der Waals surface area contributed by atoms with E-state index in [1.165, 1.54) is 39.2 Å². The number of carbonyl (C=O) groups excluding carboxylic acids is 2. The molecule has 0 atom stereocenters. The number of aryl methyl sites for hydroxylation is 2. The Kier molecular flexibility index (Phi) is 5.94. The van der Waals surface area contributed by atoms with E-state index in [1.54, 1.807) is 19.1 Å². The van der Waals surface area contributed by atoms with E-state index in [2.05, 4.69) is 4.99 Å². The SMILES string of the molecule is CCOC(=O)Cn1c(=NC(=O)c2ccc3c(c2)CCCC3)sc2ccc([N+](=O)[O-])cc21. The monoisotopic (exact) mass is 439 g/mol. The van der Waals surface area contributed by atoms with Crippen LogP contribution >= 0.6 is 11.3 Å². The lowest BCUT2D eigenvalue weighted by molar-refractivity contribution is -0.384. The van der Waals surface area contributed by atoms with Gasteiger partial charge >= 0.3 is 5.97 Å². The van der Waals surface area contributed by atoms with Crippen molar-refractivity contribution in [1.82, 2.24) is 4.57 Å². The van der Waals surface area contributed by atoms with Gasteiger partial charge in [-0.25, -0.2) is 0 Å². The zero-order valence-corrected chi connectivity index (χ0v) is 17.8. The maximum absolute atomic E-state index is 12.9. The van der Waals surface area contributed by atoms with Gasteiger partial charge in [0.1, 0.15) is 6.54 Å². The number of amides is 1. The summed E-state index contributed by atoms with van der Waals surface area (Å²) in [7, 11) is 0. The van der Waals surface area contributed by atoms with Crippen LogP contribution in [0, 0.1) is 10.1 Å². The standard InChI is InChI=1S/C22H21N3O5S/c1-2-30-20(26)13-24-18-12-17(25(28)29)9-10-19(18)31-22(24)23-21(27)16-8-7-14-5-3-4-6-15(14)11-16/h7-12H,2-6,13H2,1H3. The molecule has 0 saturated heterocycles. The number of non-ortho nitro benzene ring substituents is 1. The number of benzene rings is 2. The van der Waals surface area contributed by atoms with Gasteiger partial charge in [-0.15, -0.1) is 0 Å². The van der Waals surface area contributed by atoms with Crippen molar-refractivity contribution in [2.45, 2.75) is 39.2 Å². The van der Waals surface area contributed by atoms with E-state index >= 15 is 0 Å². The van der Waals surface area contributed by atoms with E-state index in [1.807, 2.05) is 12.1 Å². The maximum atomic E-state index is 12.9. The molecule has 9 heteroatoms. The van der Waals surface area contributed by atoms with Gasteiger partial charge in [0.25, 0.3) is 11.6 Å². The van der Waals surface area contributed by atoms with Crippen molar-refractivity contribution < 1.29 is 19.2 Å². The lowest BCUT2D eigenvalue weighted by atomic mass is 9.90. The molecule has 160 valence electrons. The zero-order chi connectivity index (χ0) is 22.0. The normalized spacial score (nSPS) is 13.8. The number of hydrogen-bond donors (Lipinski definition) is 0. The number of aromatic nitrogens is 1. The van der Waals surface area contributed by atoms with E-state index in [0.717, 1.165) is 25.7 Å². The molecule has 8 nitrogen and oxygen atoms in total. The second kappa shape index (κ2) is 8.81. The number of rotatable bonds is 5. The molecule has 0 aliphatic heterocycles. The summed E-state index contributed by atoms with van der Waals surface area (Å²) in [6.45, 7) is 1.72. The van der Waals surface area contributed by atoms with Crippen LogP contribution in [-0.4, -0.2) is 28.0 Å². The van der Waals surface area contributed by atoms with Crippen LogP contribution in [0.5, 0.6) is 0 Å². The van der Waals surface area contributed by atoms with Crippen LogP contribution in [0.2, 0.25) is 0 Å². The fourth-order valence-electron chi connectivity index (χ4n) is 3.76. The average Bonchev–Trinajstić information content (AvgIpc) is 3.09. The summed E-state index contributed by atoms with van der Waals surface area (Å²) in [5, 5.41) is 11.2. The second-order valence-electron chi connectivity index (χ2n) is 7.29. The van der Waals surface area contributed by atoms with Crippen molar-refractivity contribution in [2.75, 3.05) is 6.61 Å². The molecule has 1 heterocycles. The number of fused-ring (bicyclic) bond motifs is 2. The lowest BCUT2D eigenvalue weighted by Crippen LogP contribution is -2.23. The van der Waals surface area contributed by atoms with Crippen LogP contribution < -0.4 is 4.80 Å². The van der Waals surface area contributed by atoms with Gasteiger partial charge in [-0.05, 0) is 61.9 Å². The van der Waals surface area contributed by atoms with E-state index in [9.17, 15) is 19.7 Å². The molecule has 1 amide bonds. The molecule has 0 bridgehead atoms. The quantitative estimate of drug-likeness (QED) is 0.342. The number of esters is 1. The molecule has 0 spiro atoms. The number of thiazole rings is 1. The van der Waals surface area contributed by atoms with Crippen LogP contribution in [-0.2, 0) is 28.9 Å². The van der Waals surface area contributed by atoms with E-state index in [0.29, 0.717) is 20.6 Å². The minimum absolute atomic E-state index is 0.101. The Bertz CT molecular complexity index is 1260. The minimum Gasteiger partial charge on any atom is -0.465 e. The third kappa shape index (κ3) is 4.41. The Labute approximate surface area is 182 Å². The van der Waals surface area contributed by atoms with Crippen LogP contribution in [0.4, 0.5) is 5.69 Å². The summed E-state index contributed by atoms with van der Waals surface area (Å²) in [6, 6.07) is 10.0. The van der Waals surface area contributed by atoms with Gasteiger partial charge in [-0.2, -0.15) is 4.99 Å². The van der Waals surface area contributed by atoms with Gasteiger partial charge in [0.15, 0.2) is 4.80 Å². The predicted octanol–water partition coefficient (Wildman–Crippen LogP) is 3.79. The van der Waals surface area contributed by atoms with Crippen molar-refractivity contribution in [2.24, 2.45) is 4.99 Å². The first-order chi connectivity index (χ1) is 15.0. The van der Waals surface area contributed by atoms with Crippen molar-refractivity contribution in [1.29, 1.82) is 0 Å². The fourth-order valence-corrected chi connectivity index (χ4v) is 4.77. The van der Waals surface area contributed by atoms with Crippen LogP contribution in [0.1, 0.15) is 41.3 Å². The highest BCUT2D eigenvalue weighted by atomic mass is 32.1. The van der Waals surface area contributed by atoms with E-state index < -0.39 is 16.8 Å². The third-order valence-corrected chi connectivity index (χ3v) is 6.32. The van der Waals surface area contributed by atoms with Crippen molar-refractivity contribution in [3.05, 3.63) is 68.0 Å². The molecule has 4 rings (SSSR count). The van der Waals surface area contributed by atoms with E-state index in [4.69, 9.17) is 4.74 Å². The fraction of sp³-hybridized carbons (Fsp3) is 0.318. The summed E-state index contributed by atoms with van der Waals surface area (Å²) < 4.78 is 7.22. The molecular formula is C22H21N3O5S. The number of ether oxygens (including phenoxy) is 1. The summed E-state index contributed by atoms with van der Waals surface area (Å²) in [6.07, 6.45) is 4.24. The number of hydrogen-bond acceptors (Lipinski definition) is 6. The highest BCUT2D eigenvalue weighted by molar-refractivity contribution is 7.16. The first-order valence-corrected chi connectivity index (χ1v) is 10.9. The molecule has 0 unspecified atom stereocenters. The molecule has 0 fully saturated rings. The summed E-state index contributed by atoms with van der Waals surface area (Å²) >= 11 is 1.20. The molecule has 3 aromatic rings. The van der Waals surface area contributed by atoms with Gasteiger partial charge in [0, 0.05) is 17.7 Å². The van der Waals surface area contributed by atoms with Crippen LogP contribution in [0.3, 0.4) is 0 Å². The Morgan fingerprint density at radius 2 is 1.94 bits per heavy atom. The van der Waals surface area contributed by atoms with Crippen LogP contribution in [0.25, 0.3) is 10.2 Å². The molecule has 31 heavy (non-hydrogen) atoms. The Morgan fingerprint density at radius 1 is 1.16 bits per heavy atom. The first kappa shape index (κ1) is 20.9. The predicted molar refractivity (Wildman–Crippen MR) is 116 cm³/mol. The molecule has 1 aliphatic rings. The largest absolute Gasteiger partial charge is 0.465 e. The van der Waals surface area contributed by atoms with Gasteiger partial charge in [0.2, 0.25) is 0 Å². The van der Waals surface area contributed by atoms with E-state index in [-0.39, 0.29) is 18.8 Å². The molecule has 1 aliphatic carbocycles. The van der Waals surface area contributed by atoms with Crippen molar-refractivity contribution in [3.8, 4) is 0 Å². The average molecular weight is 439 g/mol. The number of nitro groups is 1. The van der Waals surface area contributed by atoms with Gasteiger partial charge < -0.3 is 9.30 Å². The van der Waals surface area contributed by atoms with Gasteiger partial charge in [-0.3, -0.25) is 19.7 Å². The first-order valence-electron chi connectivity index (χ1n) is 10.1. The smallest absolute Gasteiger partial charge is 0.326 e. The molecule has 0 saturated carbocycles. The molecule has 0 N–H and O–H groups in total. The van der Waals surface area contributed by atoms with Gasteiger partial charge in [0.05, 0.1) is 21.7 Å². The number of carbonyl (C=O) groups is 2. The maximum Gasteiger partial charge on any atom is 0.326 e. The highest BCUT2D eigenvalue weighted by Crippen LogP contribution is 2.24. The molecule has 2 aromatic carbocycles. The van der Waals surface area contributed by atoms with Crippen molar-refractivity contribution >= 4 is 39.1 Å². The highest BCUT2D eigenvalue weighted by Gasteiger charge is 2.17. The number of nitro benzene ring substituents is 1. The third-order valence-electron chi connectivity index (χ3n) is 5.26. The topological polar surface area (TPSA) is 104 Å². The zero-order valence-electron chi connectivity index (χ0n) is 17.0. The molecule has 1 aromatic heterocycles. The summed E-state index contributed by atoms with van der Waals surface area (Å²) in [4.78, 5) is 40.3. The molecule has 0 radical (unpaired) electrons. The van der Waals surface area contributed by atoms with Gasteiger partial charge in [-0.1, -0.05) is 17.4 Å². The Morgan fingerprint density at radius 3 is 2.68 bits per heavy atom.